The van der Waals surface area contributed by atoms with Crippen LogP contribution in [0.15, 0.2) is 24.3 Å². The minimum atomic E-state index is -0.0618. The Morgan fingerprint density at radius 2 is 2.17 bits per heavy atom. The maximum Gasteiger partial charge on any atom is 0.0412 e. The summed E-state index contributed by atoms with van der Waals surface area (Å²) in [6, 6.07) is 8.99. The molecule has 1 nitrogen and oxygen atoms in total. The lowest BCUT2D eigenvalue weighted by atomic mass is 9.86. The first-order chi connectivity index (χ1) is 8.53. The molecule has 0 radical (unpaired) electrons. The van der Waals surface area contributed by atoms with Gasteiger partial charge in [0.05, 0.1) is 0 Å². The van der Waals surface area contributed by atoms with Gasteiger partial charge < -0.3 is 5.73 Å². The van der Waals surface area contributed by atoms with E-state index in [1.807, 2.05) is 0 Å². The molecule has 1 saturated carbocycles. The van der Waals surface area contributed by atoms with Crippen molar-refractivity contribution in [2.45, 2.75) is 58.4 Å². The summed E-state index contributed by atoms with van der Waals surface area (Å²) in [6.07, 6.45) is 6.03. The third kappa shape index (κ3) is 2.95. The first-order valence-electron chi connectivity index (χ1n) is 7.42. The van der Waals surface area contributed by atoms with Crippen LogP contribution < -0.4 is 5.73 Å². The molecule has 2 N–H and O–H groups in total. The standard InChI is InChI=1S/C17H27N/c1-4-14-8-9-17(18,12-14)16-7-5-6-15(11-16)10-13(2)3/h5-7,11,13-14H,4,8-10,12,18H2,1-3H3. The van der Waals surface area contributed by atoms with Crippen molar-refractivity contribution in [2.75, 3.05) is 0 Å². The molecule has 2 unspecified atom stereocenters. The summed E-state index contributed by atoms with van der Waals surface area (Å²) in [5.74, 6) is 1.53. The van der Waals surface area contributed by atoms with Gasteiger partial charge in [-0.3, -0.25) is 0 Å². The molecule has 1 aromatic rings. The van der Waals surface area contributed by atoms with E-state index in [0.29, 0.717) is 5.92 Å². The summed E-state index contributed by atoms with van der Waals surface area (Å²) in [5, 5.41) is 0. The van der Waals surface area contributed by atoms with Crippen molar-refractivity contribution in [1.82, 2.24) is 0 Å². The molecule has 18 heavy (non-hydrogen) atoms. The van der Waals surface area contributed by atoms with E-state index in [9.17, 15) is 0 Å². The van der Waals surface area contributed by atoms with Crippen LogP contribution in [0, 0.1) is 11.8 Å². The van der Waals surface area contributed by atoms with Crippen LogP contribution in [0.3, 0.4) is 0 Å². The highest BCUT2D eigenvalue weighted by atomic mass is 14.8. The Balaban J connectivity index is 2.18. The van der Waals surface area contributed by atoms with Crippen molar-refractivity contribution in [3.8, 4) is 0 Å². The molecule has 0 saturated heterocycles. The van der Waals surface area contributed by atoms with Crippen LogP contribution in [0.1, 0.15) is 57.6 Å². The smallest absolute Gasteiger partial charge is 0.0412 e. The number of hydrogen-bond donors (Lipinski definition) is 1. The zero-order valence-corrected chi connectivity index (χ0v) is 12.1. The number of benzene rings is 1. The van der Waals surface area contributed by atoms with Gasteiger partial charge in [0.1, 0.15) is 0 Å². The molecule has 0 spiro atoms. The van der Waals surface area contributed by atoms with E-state index in [2.05, 4.69) is 45.0 Å². The average molecular weight is 245 g/mol. The van der Waals surface area contributed by atoms with Gasteiger partial charge in [-0.25, -0.2) is 0 Å². The van der Waals surface area contributed by atoms with E-state index in [1.54, 1.807) is 0 Å². The quantitative estimate of drug-likeness (QED) is 0.843. The van der Waals surface area contributed by atoms with Crippen LogP contribution in [0.2, 0.25) is 0 Å². The molecular formula is C17H27N. The van der Waals surface area contributed by atoms with E-state index in [1.165, 1.54) is 24.0 Å². The fourth-order valence-corrected chi connectivity index (χ4v) is 3.27. The lowest BCUT2D eigenvalue weighted by Gasteiger charge is -2.25. The molecule has 0 amide bonds. The predicted octanol–water partition coefficient (Wildman–Crippen LogP) is 4.25. The van der Waals surface area contributed by atoms with Gasteiger partial charge in [-0.1, -0.05) is 51.5 Å². The Kier molecular flexibility index (Phi) is 4.11. The number of nitrogens with two attached hydrogens (primary N) is 1. The molecule has 1 aromatic carbocycles. The van der Waals surface area contributed by atoms with Crippen LogP contribution in [-0.2, 0) is 12.0 Å². The summed E-state index contributed by atoms with van der Waals surface area (Å²) >= 11 is 0. The molecule has 2 atom stereocenters. The number of rotatable bonds is 4. The Bertz CT molecular complexity index is 396. The van der Waals surface area contributed by atoms with Gasteiger partial charge in [-0.2, -0.15) is 0 Å². The van der Waals surface area contributed by atoms with Crippen LogP contribution in [-0.4, -0.2) is 0 Å². The fourth-order valence-electron chi connectivity index (χ4n) is 3.27. The van der Waals surface area contributed by atoms with Crippen molar-refractivity contribution in [3.05, 3.63) is 35.4 Å². The zero-order valence-electron chi connectivity index (χ0n) is 12.1. The van der Waals surface area contributed by atoms with Gasteiger partial charge in [-0.05, 0) is 48.6 Å². The highest BCUT2D eigenvalue weighted by Crippen LogP contribution is 2.41. The molecule has 1 fully saturated rings. The monoisotopic (exact) mass is 245 g/mol. The summed E-state index contributed by atoms with van der Waals surface area (Å²) in [6.45, 7) is 6.83. The summed E-state index contributed by atoms with van der Waals surface area (Å²) < 4.78 is 0. The molecule has 0 bridgehead atoms. The second-order valence-corrected chi connectivity index (χ2v) is 6.47. The lowest BCUT2D eigenvalue weighted by molar-refractivity contribution is 0.424. The van der Waals surface area contributed by atoms with Gasteiger partial charge in [0.15, 0.2) is 0 Å². The Hall–Kier alpha value is -0.820. The topological polar surface area (TPSA) is 26.0 Å². The largest absolute Gasteiger partial charge is 0.321 e. The van der Waals surface area contributed by atoms with E-state index in [0.717, 1.165) is 25.2 Å². The molecule has 1 heteroatoms. The molecule has 1 aliphatic rings. The minimum absolute atomic E-state index is 0.0618. The van der Waals surface area contributed by atoms with Crippen LogP contribution in [0.5, 0.6) is 0 Å². The maximum absolute atomic E-state index is 6.65. The summed E-state index contributed by atoms with van der Waals surface area (Å²) in [5.41, 5.74) is 9.38. The predicted molar refractivity (Wildman–Crippen MR) is 78.5 cm³/mol. The molecule has 2 rings (SSSR count). The molecular weight excluding hydrogens is 218 g/mol. The van der Waals surface area contributed by atoms with Gasteiger partial charge >= 0.3 is 0 Å². The van der Waals surface area contributed by atoms with Crippen molar-refractivity contribution in [1.29, 1.82) is 0 Å². The van der Waals surface area contributed by atoms with Crippen molar-refractivity contribution < 1.29 is 0 Å². The SMILES string of the molecule is CCC1CCC(N)(c2cccc(CC(C)C)c2)C1. The summed E-state index contributed by atoms with van der Waals surface area (Å²) in [4.78, 5) is 0. The second kappa shape index (κ2) is 5.44. The highest BCUT2D eigenvalue weighted by molar-refractivity contribution is 5.30. The minimum Gasteiger partial charge on any atom is -0.321 e. The molecule has 0 heterocycles. The zero-order chi connectivity index (χ0) is 13.2. The van der Waals surface area contributed by atoms with Gasteiger partial charge in [0.2, 0.25) is 0 Å². The molecule has 1 aliphatic carbocycles. The average Bonchev–Trinajstić information content (AvgIpc) is 2.72. The third-order valence-electron chi connectivity index (χ3n) is 4.37. The van der Waals surface area contributed by atoms with E-state index >= 15 is 0 Å². The molecule has 0 aliphatic heterocycles. The second-order valence-electron chi connectivity index (χ2n) is 6.47. The molecule has 100 valence electrons. The van der Waals surface area contributed by atoms with Crippen molar-refractivity contribution >= 4 is 0 Å². The lowest BCUT2D eigenvalue weighted by Crippen LogP contribution is -2.33. The van der Waals surface area contributed by atoms with Crippen molar-refractivity contribution in [3.63, 3.8) is 0 Å². The summed E-state index contributed by atoms with van der Waals surface area (Å²) in [7, 11) is 0. The van der Waals surface area contributed by atoms with E-state index in [-0.39, 0.29) is 5.54 Å². The van der Waals surface area contributed by atoms with Crippen LogP contribution >= 0.6 is 0 Å². The maximum atomic E-state index is 6.65. The van der Waals surface area contributed by atoms with Gasteiger partial charge in [0, 0.05) is 5.54 Å². The Morgan fingerprint density at radius 3 is 2.78 bits per heavy atom. The molecule has 0 aromatic heterocycles. The van der Waals surface area contributed by atoms with Gasteiger partial charge in [0.25, 0.3) is 0 Å². The Morgan fingerprint density at radius 1 is 1.39 bits per heavy atom. The third-order valence-corrected chi connectivity index (χ3v) is 4.37. The highest BCUT2D eigenvalue weighted by Gasteiger charge is 2.36. The Labute approximate surface area is 112 Å². The first-order valence-corrected chi connectivity index (χ1v) is 7.42. The first kappa shape index (κ1) is 13.6. The van der Waals surface area contributed by atoms with Gasteiger partial charge in [-0.15, -0.1) is 0 Å². The normalized spacial score (nSPS) is 27.9. The van der Waals surface area contributed by atoms with E-state index < -0.39 is 0 Å². The van der Waals surface area contributed by atoms with Crippen molar-refractivity contribution in [2.24, 2.45) is 17.6 Å². The number of hydrogen-bond acceptors (Lipinski definition) is 1. The fraction of sp³-hybridized carbons (Fsp3) is 0.647. The van der Waals surface area contributed by atoms with Crippen LogP contribution in [0.25, 0.3) is 0 Å². The van der Waals surface area contributed by atoms with Crippen LogP contribution in [0.4, 0.5) is 0 Å². The van der Waals surface area contributed by atoms with E-state index in [4.69, 9.17) is 5.73 Å².